The molecule has 0 fully saturated rings. The maximum Gasteiger partial charge on any atom is 0.336 e. The monoisotopic (exact) mass is 532 g/mol. The minimum absolute atomic E-state index is 0.0850. The lowest BCUT2D eigenvalue weighted by Crippen LogP contribution is -2.18. The molecule has 1 unspecified atom stereocenters. The number of allylic oxidation sites excluding steroid dienone is 2. The molecule has 0 heterocycles. The molecule has 2 N–H and O–H groups in total. The third-order valence-electron chi connectivity index (χ3n) is 8.36. The fraction of sp³-hybridized carbons (Fsp3) is 0.278. The average Bonchev–Trinajstić information content (AvgIpc) is 2.93. The van der Waals surface area contributed by atoms with E-state index in [1.807, 2.05) is 30.3 Å². The highest BCUT2D eigenvalue weighted by molar-refractivity contribution is 6.12. The number of hydrogen-bond acceptors (Lipinski definition) is 2. The SMILES string of the molecule is CCc1ccc(C(=O)O)c(C2=C(C)c3cc(C(C)(C)C)cc4cccc(c34)C2c2cc(CC)ccc2C(=O)O)c1. The lowest BCUT2D eigenvalue weighted by atomic mass is 9.69. The first kappa shape index (κ1) is 27.4. The van der Waals surface area contributed by atoms with Crippen LogP contribution in [0, 0.1) is 0 Å². The van der Waals surface area contributed by atoms with E-state index >= 15 is 0 Å². The number of aromatic carboxylic acids is 2. The molecule has 4 nitrogen and oxygen atoms in total. The number of carboxylic acid groups (broad SMARTS) is 2. The summed E-state index contributed by atoms with van der Waals surface area (Å²) in [5.41, 5.74) is 8.91. The normalized spacial score (nSPS) is 15.0. The van der Waals surface area contributed by atoms with E-state index in [-0.39, 0.29) is 16.5 Å². The van der Waals surface area contributed by atoms with Gasteiger partial charge in [0.2, 0.25) is 0 Å². The van der Waals surface area contributed by atoms with Crippen LogP contribution in [0.3, 0.4) is 0 Å². The predicted molar refractivity (Wildman–Crippen MR) is 163 cm³/mol. The summed E-state index contributed by atoms with van der Waals surface area (Å²) in [5.74, 6) is -2.43. The van der Waals surface area contributed by atoms with Crippen LogP contribution in [0.4, 0.5) is 0 Å². The van der Waals surface area contributed by atoms with Crippen LogP contribution < -0.4 is 0 Å². The van der Waals surface area contributed by atoms with Crippen LogP contribution in [0.5, 0.6) is 0 Å². The Bertz CT molecular complexity index is 1720. The van der Waals surface area contributed by atoms with Crippen molar-refractivity contribution >= 4 is 33.9 Å². The van der Waals surface area contributed by atoms with Gasteiger partial charge in [0.25, 0.3) is 0 Å². The molecule has 0 saturated carbocycles. The molecule has 4 aromatic carbocycles. The molecule has 1 aliphatic rings. The molecule has 40 heavy (non-hydrogen) atoms. The van der Waals surface area contributed by atoms with Crippen LogP contribution in [-0.2, 0) is 18.3 Å². The second-order valence-electron chi connectivity index (χ2n) is 11.8. The quantitative estimate of drug-likeness (QED) is 0.260. The van der Waals surface area contributed by atoms with E-state index in [0.717, 1.165) is 57.0 Å². The summed E-state index contributed by atoms with van der Waals surface area (Å²) in [5, 5.41) is 22.8. The third kappa shape index (κ3) is 4.52. The topological polar surface area (TPSA) is 74.6 Å². The van der Waals surface area contributed by atoms with Gasteiger partial charge in [-0.3, -0.25) is 0 Å². The Labute approximate surface area is 236 Å². The molecule has 4 heteroatoms. The van der Waals surface area contributed by atoms with Crippen LogP contribution >= 0.6 is 0 Å². The smallest absolute Gasteiger partial charge is 0.336 e. The van der Waals surface area contributed by atoms with Crippen molar-refractivity contribution in [2.75, 3.05) is 0 Å². The van der Waals surface area contributed by atoms with E-state index in [0.29, 0.717) is 11.1 Å². The van der Waals surface area contributed by atoms with Gasteiger partial charge in [-0.25, -0.2) is 9.59 Å². The van der Waals surface area contributed by atoms with Crippen molar-refractivity contribution in [2.45, 2.75) is 65.7 Å². The summed E-state index contributed by atoms with van der Waals surface area (Å²) in [6.45, 7) is 12.8. The van der Waals surface area contributed by atoms with Gasteiger partial charge in [0, 0.05) is 5.92 Å². The first-order valence-corrected chi connectivity index (χ1v) is 14.0. The zero-order chi connectivity index (χ0) is 28.9. The van der Waals surface area contributed by atoms with Crippen molar-refractivity contribution < 1.29 is 19.8 Å². The third-order valence-corrected chi connectivity index (χ3v) is 8.36. The Morgan fingerprint density at radius 2 is 1.38 bits per heavy atom. The van der Waals surface area contributed by atoms with E-state index in [1.54, 1.807) is 12.1 Å². The Morgan fingerprint density at radius 1 is 0.750 bits per heavy atom. The maximum atomic E-state index is 12.6. The molecular formula is C36H36O4. The van der Waals surface area contributed by atoms with Gasteiger partial charge in [0.1, 0.15) is 0 Å². The van der Waals surface area contributed by atoms with Gasteiger partial charge >= 0.3 is 11.9 Å². The Kier molecular flexibility index (Phi) is 6.91. The van der Waals surface area contributed by atoms with Crippen LogP contribution in [0.15, 0.2) is 66.7 Å². The van der Waals surface area contributed by atoms with E-state index in [1.165, 1.54) is 5.56 Å². The molecule has 4 aromatic rings. The standard InChI is InChI=1S/C36H36O4/c1-7-21-12-14-25(34(37)38)29(16-21)31-20(3)28-19-24(36(4,5)6)18-23-10-9-11-27(32(23)28)33(31)30-17-22(8-2)13-15-26(30)35(39)40/h9-19,33H,7-8H2,1-6H3,(H,37,38)(H,39,40). The molecule has 0 aliphatic heterocycles. The highest BCUT2D eigenvalue weighted by atomic mass is 16.4. The fourth-order valence-electron chi connectivity index (χ4n) is 6.11. The number of carbonyl (C=O) groups is 2. The fourth-order valence-corrected chi connectivity index (χ4v) is 6.11. The lowest BCUT2D eigenvalue weighted by molar-refractivity contribution is 0.0684. The summed E-state index contributed by atoms with van der Waals surface area (Å²) < 4.78 is 0. The molecule has 0 radical (unpaired) electrons. The highest BCUT2D eigenvalue weighted by Gasteiger charge is 2.35. The molecule has 1 aliphatic carbocycles. The van der Waals surface area contributed by atoms with E-state index in [2.05, 4.69) is 65.8 Å². The molecule has 0 spiro atoms. The first-order chi connectivity index (χ1) is 19.0. The predicted octanol–water partition coefficient (Wildman–Crippen LogP) is 8.73. The Hall–Kier alpha value is -4.18. The zero-order valence-corrected chi connectivity index (χ0v) is 24.1. The van der Waals surface area contributed by atoms with Gasteiger partial charge in [-0.15, -0.1) is 0 Å². The lowest BCUT2D eigenvalue weighted by Gasteiger charge is -2.34. The maximum absolute atomic E-state index is 12.6. The second kappa shape index (κ2) is 10.1. The van der Waals surface area contributed by atoms with Gasteiger partial charge in [0.15, 0.2) is 0 Å². The van der Waals surface area contributed by atoms with Gasteiger partial charge in [-0.2, -0.15) is 0 Å². The largest absolute Gasteiger partial charge is 0.478 e. The number of hydrogen-bond donors (Lipinski definition) is 2. The van der Waals surface area contributed by atoms with Crippen LogP contribution in [0.2, 0.25) is 0 Å². The molecule has 0 aromatic heterocycles. The van der Waals surface area contributed by atoms with Crippen LogP contribution in [0.25, 0.3) is 21.9 Å². The highest BCUT2D eigenvalue weighted by Crippen LogP contribution is 2.52. The van der Waals surface area contributed by atoms with Gasteiger partial charge in [-0.05, 0) is 98.2 Å². The summed E-state index contributed by atoms with van der Waals surface area (Å²) in [4.78, 5) is 25.2. The van der Waals surface area contributed by atoms with Gasteiger partial charge in [-0.1, -0.05) is 89.2 Å². The van der Waals surface area contributed by atoms with Crippen molar-refractivity contribution in [3.8, 4) is 0 Å². The summed E-state index contributed by atoms with van der Waals surface area (Å²) in [6, 6.07) is 21.8. The molecular weight excluding hydrogens is 496 g/mol. The number of benzene rings is 4. The first-order valence-electron chi connectivity index (χ1n) is 14.0. The van der Waals surface area contributed by atoms with Crippen molar-refractivity contribution in [3.05, 3.63) is 117 Å². The van der Waals surface area contributed by atoms with Gasteiger partial charge < -0.3 is 10.2 Å². The molecule has 0 saturated heterocycles. The van der Waals surface area contributed by atoms with Crippen molar-refractivity contribution in [2.24, 2.45) is 0 Å². The van der Waals surface area contributed by atoms with E-state index in [4.69, 9.17) is 0 Å². The minimum Gasteiger partial charge on any atom is -0.478 e. The Balaban J connectivity index is 1.99. The molecule has 1 atom stereocenters. The number of rotatable bonds is 6. The molecule has 204 valence electrons. The van der Waals surface area contributed by atoms with Crippen LogP contribution in [0.1, 0.15) is 107 Å². The molecule has 0 amide bonds. The number of carboxylic acids is 2. The van der Waals surface area contributed by atoms with Crippen molar-refractivity contribution in [3.63, 3.8) is 0 Å². The average molecular weight is 533 g/mol. The molecule has 5 rings (SSSR count). The van der Waals surface area contributed by atoms with E-state index < -0.39 is 17.9 Å². The van der Waals surface area contributed by atoms with Crippen molar-refractivity contribution in [1.29, 1.82) is 0 Å². The Morgan fingerprint density at radius 3 is 1.98 bits per heavy atom. The number of aryl methyl sites for hydroxylation is 2. The molecule has 0 bridgehead atoms. The van der Waals surface area contributed by atoms with E-state index in [9.17, 15) is 19.8 Å². The summed E-state index contributed by atoms with van der Waals surface area (Å²) in [7, 11) is 0. The van der Waals surface area contributed by atoms with Gasteiger partial charge in [0.05, 0.1) is 11.1 Å². The van der Waals surface area contributed by atoms with Crippen molar-refractivity contribution in [1.82, 2.24) is 0 Å². The summed E-state index contributed by atoms with van der Waals surface area (Å²) >= 11 is 0. The summed E-state index contributed by atoms with van der Waals surface area (Å²) in [6.07, 6.45) is 1.52. The van der Waals surface area contributed by atoms with Crippen LogP contribution in [-0.4, -0.2) is 22.2 Å². The second-order valence-corrected chi connectivity index (χ2v) is 11.8. The minimum atomic E-state index is -0.995. The zero-order valence-electron chi connectivity index (χ0n) is 24.1.